The van der Waals surface area contributed by atoms with E-state index in [9.17, 15) is 9.59 Å². The van der Waals surface area contributed by atoms with Crippen molar-refractivity contribution in [3.63, 3.8) is 0 Å². The first-order chi connectivity index (χ1) is 14.6. The topological polar surface area (TPSA) is 70.1 Å². The molecule has 0 amide bonds. The van der Waals surface area contributed by atoms with Crippen LogP contribution < -0.4 is 9.64 Å². The molecule has 0 spiro atoms. The van der Waals surface area contributed by atoms with Gasteiger partial charge in [0.15, 0.2) is 0 Å². The number of hydrogen-bond donors (Lipinski definition) is 1. The third-order valence-electron chi connectivity index (χ3n) is 5.62. The van der Waals surface area contributed by atoms with Gasteiger partial charge in [-0.1, -0.05) is 6.07 Å². The molecule has 1 aliphatic heterocycles. The van der Waals surface area contributed by atoms with Crippen molar-refractivity contribution < 1.29 is 19.4 Å². The summed E-state index contributed by atoms with van der Waals surface area (Å²) >= 11 is 0. The van der Waals surface area contributed by atoms with Gasteiger partial charge in [-0.3, -0.25) is 9.69 Å². The smallest absolute Gasteiger partial charge is 0.335 e. The summed E-state index contributed by atoms with van der Waals surface area (Å²) in [7, 11) is 0. The van der Waals surface area contributed by atoms with Gasteiger partial charge in [0.05, 0.1) is 12.2 Å². The molecule has 30 heavy (non-hydrogen) atoms. The zero-order valence-corrected chi connectivity index (χ0v) is 17.5. The van der Waals surface area contributed by atoms with Crippen LogP contribution in [0.4, 0.5) is 5.69 Å². The summed E-state index contributed by atoms with van der Waals surface area (Å²) in [4.78, 5) is 26.9. The van der Waals surface area contributed by atoms with Gasteiger partial charge in [-0.25, -0.2) is 4.79 Å². The fraction of sp³-hybridized carbons (Fsp3) is 0.417. The lowest BCUT2D eigenvalue weighted by molar-refractivity contribution is 0.0696. The molecule has 0 bridgehead atoms. The summed E-state index contributed by atoms with van der Waals surface area (Å²) < 4.78 is 5.69. The van der Waals surface area contributed by atoms with Crippen molar-refractivity contribution in [3.8, 4) is 5.75 Å². The standard InChI is InChI=1S/C24H30N2O4/c1-19-5-8-22(17-21(19)18-27)26-14-12-25(13-15-26)11-3-2-4-16-30-23-9-6-20(7-10-23)24(28)29/h5-10,17-18H,2-4,11-16H2,1H3,(H,28,29). The number of unbranched alkanes of at least 4 members (excludes halogenated alkanes) is 2. The number of carboxylic acid groups (broad SMARTS) is 1. The van der Waals surface area contributed by atoms with Crippen molar-refractivity contribution in [1.82, 2.24) is 4.90 Å². The van der Waals surface area contributed by atoms with E-state index in [4.69, 9.17) is 9.84 Å². The maximum absolute atomic E-state index is 11.2. The molecule has 0 unspecified atom stereocenters. The number of carbonyl (C=O) groups is 2. The highest BCUT2D eigenvalue weighted by Crippen LogP contribution is 2.20. The monoisotopic (exact) mass is 410 g/mol. The molecule has 1 heterocycles. The van der Waals surface area contributed by atoms with Crippen LogP contribution in [0.15, 0.2) is 42.5 Å². The quantitative estimate of drug-likeness (QED) is 0.474. The van der Waals surface area contributed by atoms with Gasteiger partial charge in [0.1, 0.15) is 12.0 Å². The Morgan fingerprint density at radius 2 is 1.77 bits per heavy atom. The minimum absolute atomic E-state index is 0.272. The number of aromatic carboxylic acids is 1. The second kappa shape index (κ2) is 10.8. The molecule has 1 N–H and O–H groups in total. The lowest BCUT2D eigenvalue weighted by Crippen LogP contribution is -2.46. The number of benzene rings is 2. The number of piperazine rings is 1. The lowest BCUT2D eigenvalue weighted by Gasteiger charge is -2.36. The summed E-state index contributed by atoms with van der Waals surface area (Å²) in [6.07, 6.45) is 4.16. The van der Waals surface area contributed by atoms with Crippen LogP contribution in [0.2, 0.25) is 0 Å². The molecule has 0 aromatic heterocycles. The van der Waals surface area contributed by atoms with Crippen LogP contribution in [-0.2, 0) is 0 Å². The number of carboxylic acids is 1. The van der Waals surface area contributed by atoms with Gasteiger partial charge in [0, 0.05) is 37.4 Å². The average molecular weight is 411 g/mol. The Morgan fingerprint density at radius 1 is 1.03 bits per heavy atom. The van der Waals surface area contributed by atoms with E-state index in [1.54, 1.807) is 24.3 Å². The molecule has 2 aromatic carbocycles. The Hall–Kier alpha value is -2.86. The van der Waals surface area contributed by atoms with Gasteiger partial charge in [-0.05, 0) is 74.7 Å². The van der Waals surface area contributed by atoms with Crippen LogP contribution >= 0.6 is 0 Å². The van der Waals surface area contributed by atoms with E-state index in [0.717, 1.165) is 75.1 Å². The number of rotatable bonds is 10. The molecule has 6 nitrogen and oxygen atoms in total. The zero-order valence-electron chi connectivity index (χ0n) is 17.5. The number of aldehydes is 1. The minimum atomic E-state index is -0.924. The third kappa shape index (κ3) is 6.07. The summed E-state index contributed by atoms with van der Waals surface area (Å²) in [5, 5.41) is 8.90. The highest BCUT2D eigenvalue weighted by Gasteiger charge is 2.17. The lowest BCUT2D eigenvalue weighted by atomic mass is 10.1. The Bertz CT molecular complexity index is 843. The van der Waals surface area contributed by atoms with E-state index in [0.29, 0.717) is 12.4 Å². The van der Waals surface area contributed by atoms with Crippen molar-refractivity contribution in [3.05, 3.63) is 59.2 Å². The van der Waals surface area contributed by atoms with Crippen molar-refractivity contribution in [2.24, 2.45) is 0 Å². The van der Waals surface area contributed by atoms with E-state index in [-0.39, 0.29) is 5.56 Å². The highest BCUT2D eigenvalue weighted by molar-refractivity contribution is 5.87. The second-order valence-corrected chi connectivity index (χ2v) is 7.73. The van der Waals surface area contributed by atoms with E-state index >= 15 is 0 Å². The molecule has 2 aromatic rings. The van der Waals surface area contributed by atoms with Crippen molar-refractivity contribution in [2.45, 2.75) is 26.2 Å². The molecule has 160 valence electrons. The van der Waals surface area contributed by atoms with Crippen LogP contribution in [0, 0.1) is 6.92 Å². The Balaban J connectivity index is 1.30. The predicted octanol–water partition coefficient (Wildman–Crippen LogP) is 3.88. The fourth-order valence-corrected chi connectivity index (χ4v) is 3.68. The van der Waals surface area contributed by atoms with Crippen LogP contribution in [0.25, 0.3) is 0 Å². The van der Waals surface area contributed by atoms with Crippen molar-refractivity contribution in [2.75, 3.05) is 44.2 Å². The van der Waals surface area contributed by atoms with Crippen molar-refractivity contribution >= 4 is 17.9 Å². The predicted molar refractivity (Wildman–Crippen MR) is 118 cm³/mol. The van der Waals surface area contributed by atoms with Gasteiger partial charge in [-0.2, -0.15) is 0 Å². The van der Waals surface area contributed by atoms with Gasteiger partial charge in [0.2, 0.25) is 0 Å². The van der Waals surface area contributed by atoms with Gasteiger partial charge in [-0.15, -0.1) is 0 Å². The number of carbonyl (C=O) groups excluding carboxylic acids is 1. The van der Waals surface area contributed by atoms with Crippen LogP contribution in [0.5, 0.6) is 5.75 Å². The normalized spacial score (nSPS) is 14.5. The van der Waals surface area contributed by atoms with Crippen LogP contribution in [-0.4, -0.2) is 61.6 Å². The molecule has 3 rings (SSSR count). The van der Waals surface area contributed by atoms with Gasteiger partial charge >= 0.3 is 5.97 Å². The molecule has 6 heteroatoms. The minimum Gasteiger partial charge on any atom is -0.494 e. The van der Waals surface area contributed by atoms with Crippen LogP contribution in [0.1, 0.15) is 45.5 Å². The largest absolute Gasteiger partial charge is 0.494 e. The van der Waals surface area contributed by atoms with E-state index < -0.39 is 5.97 Å². The maximum Gasteiger partial charge on any atom is 0.335 e. The molecule has 1 saturated heterocycles. The summed E-state index contributed by atoms with van der Waals surface area (Å²) in [6, 6.07) is 12.7. The van der Waals surface area contributed by atoms with E-state index in [2.05, 4.69) is 15.9 Å². The Morgan fingerprint density at radius 3 is 2.43 bits per heavy atom. The molecule has 0 aliphatic carbocycles. The van der Waals surface area contributed by atoms with Crippen LogP contribution in [0.3, 0.4) is 0 Å². The first-order valence-electron chi connectivity index (χ1n) is 10.6. The summed E-state index contributed by atoms with van der Waals surface area (Å²) in [6.45, 7) is 7.74. The molecule has 1 aliphatic rings. The molecular weight excluding hydrogens is 380 g/mol. The SMILES string of the molecule is Cc1ccc(N2CCN(CCCCCOc3ccc(C(=O)O)cc3)CC2)cc1C=O. The first-order valence-corrected chi connectivity index (χ1v) is 10.6. The molecular formula is C24H30N2O4. The van der Waals surface area contributed by atoms with Gasteiger partial charge < -0.3 is 14.7 Å². The van der Waals surface area contributed by atoms with Gasteiger partial charge in [0.25, 0.3) is 0 Å². The number of anilines is 1. The first kappa shape index (κ1) is 21.8. The third-order valence-corrected chi connectivity index (χ3v) is 5.62. The number of nitrogens with zero attached hydrogens (tertiary/aromatic N) is 2. The maximum atomic E-state index is 11.2. The summed E-state index contributed by atoms with van der Waals surface area (Å²) in [5.41, 5.74) is 3.20. The fourth-order valence-electron chi connectivity index (χ4n) is 3.68. The number of hydrogen-bond acceptors (Lipinski definition) is 5. The summed E-state index contributed by atoms with van der Waals surface area (Å²) in [5.74, 6) is -0.211. The number of aryl methyl sites for hydroxylation is 1. The van der Waals surface area contributed by atoms with E-state index in [1.807, 2.05) is 19.1 Å². The molecule has 0 radical (unpaired) electrons. The number of ether oxygens (including phenoxy) is 1. The Labute approximate surface area is 178 Å². The van der Waals surface area contributed by atoms with Crippen molar-refractivity contribution in [1.29, 1.82) is 0 Å². The molecule has 0 saturated carbocycles. The molecule has 0 atom stereocenters. The second-order valence-electron chi connectivity index (χ2n) is 7.73. The van der Waals surface area contributed by atoms with E-state index in [1.165, 1.54) is 0 Å². The molecule has 1 fully saturated rings. The highest BCUT2D eigenvalue weighted by atomic mass is 16.5. The zero-order chi connectivity index (χ0) is 21.3. The Kier molecular flexibility index (Phi) is 7.85. The average Bonchev–Trinajstić information content (AvgIpc) is 2.77.